The molecule has 0 N–H and O–H groups in total. The first kappa shape index (κ1) is 4.34. The number of hydrogen-bond donors (Lipinski definition) is 0. The van der Waals surface area contributed by atoms with Crippen molar-refractivity contribution in [3.05, 3.63) is 64.5 Å². The van der Waals surface area contributed by atoms with Gasteiger partial charge in [0, 0.05) is 73.5 Å². The molecule has 3 heterocycles. The Balaban J connectivity index is 2.33. The van der Waals surface area contributed by atoms with Crippen LogP contribution >= 0.6 is 0 Å². The first-order chi connectivity index (χ1) is 20.3. The molecule has 0 atom stereocenters. The predicted octanol–water partition coefficient (Wildman–Crippen LogP) is 3.88. The van der Waals surface area contributed by atoms with E-state index in [2.05, 4.69) is 4.98 Å². The zero-order chi connectivity index (χ0) is 35.9. The second kappa shape index (κ2) is 6.06. The van der Waals surface area contributed by atoms with Crippen LogP contribution in [0.15, 0.2) is 36.4 Å². The van der Waals surface area contributed by atoms with E-state index in [1.807, 2.05) is 0 Å². The molecule has 0 aliphatic carbocycles. The molecule has 2 aromatic heterocycles. The minimum absolute atomic E-state index is 0.00219. The van der Waals surface area contributed by atoms with E-state index in [4.69, 9.17) is 30.2 Å². The Labute approximate surface area is 174 Å². The Morgan fingerprint density at radius 1 is 1.33 bits per heavy atom. The molecule has 0 fully saturated rings. The summed E-state index contributed by atoms with van der Waals surface area (Å²) >= 11 is 0. The van der Waals surface area contributed by atoms with E-state index < -0.39 is 121 Å². The van der Waals surface area contributed by atoms with Gasteiger partial charge in [-0.15, -0.1) is 0 Å². The standard InChI is InChI=1S/C21H25N3/c1-15-4-7-20-18(12-15)19-14-23(3)10-9-21(19)24(20)11-8-17-6-5-16(2)22-13-17/h4-7,12-13H,8-11,14H2,1-3H3/i1D3,2D3,4D,5D,6D,7D,8D2,9D2,10D2,11D2,12D,13D,14D2. The van der Waals surface area contributed by atoms with Crippen molar-refractivity contribution < 1.29 is 30.2 Å². The van der Waals surface area contributed by atoms with Crippen molar-refractivity contribution in [2.45, 2.75) is 39.4 Å². The molecule has 24 heavy (non-hydrogen) atoms. The largest absolute Gasteiger partial charge is 0.344 e. The molecule has 3 nitrogen and oxygen atoms in total. The van der Waals surface area contributed by atoms with E-state index >= 15 is 0 Å². The average Bonchev–Trinajstić information content (AvgIpc) is 3.26. The fourth-order valence-electron chi connectivity index (χ4n) is 2.22. The summed E-state index contributed by atoms with van der Waals surface area (Å²) in [6.07, 6.45) is -8.64. The van der Waals surface area contributed by atoms with Crippen molar-refractivity contribution >= 4 is 10.9 Å². The zero-order valence-corrected chi connectivity index (χ0v) is 12.3. The third-order valence-electron chi connectivity index (χ3n) is 3.23. The summed E-state index contributed by atoms with van der Waals surface area (Å²) in [6, 6.07) is -6.05. The van der Waals surface area contributed by atoms with Gasteiger partial charge in [0.15, 0.2) is 0 Å². The Morgan fingerprint density at radius 3 is 3.17 bits per heavy atom. The molecule has 0 unspecified atom stereocenters. The third-order valence-corrected chi connectivity index (χ3v) is 3.23. The molecule has 3 aromatic rings. The number of aromatic nitrogens is 2. The topological polar surface area (TPSA) is 21.1 Å². The average molecular weight is 342 g/mol. The van der Waals surface area contributed by atoms with Crippen molar-refractivity contribution in [3.63, 3.8) is 0 Å². The van der Waals surface area contributed by atoms with Crippen LogP contribution in [-0.2, 0) is 25.7 Å². The predicted molar refractivity (Wildman–Crippen MR) is 99.4 cm³/mol. The number of pyridine rings is 1. The molecule has 4 rings (SSSR count). The maximum absolute atomic E-state index is 9.03. The first-order valence-electron chi connectivity index (χ1n) is 17.8. The summed E-state index contributed by atoms with van der Waals surface area (Å²) in [5.74, 6) is 0. The minimum atomic E-state index is -3.92. The quantitative estimate of drug-likeness (QED) is 0.721. The van der Waals surface area contributed by atoms with Gasteiger partial charge < -0.3 is 9.47 Å². The van der Waals surface area contributed by atoms with Gasteiger partial charge in [0.05, 0.1) is 11.0 Å². The van der Waals surface area contributed by atoms with Crippen LogP contribution in [0.25, 0.3) is 10.9 Å². The van der Waals surface area contributed by atoms with Gasteiger partial charge >= 0.3 is 0 Å². The summed E-state index contributed by atoms with van der Waals surface area (Å²) in [6.45, 7) is -16.9. The SMILES string of the molecule is [2H]c1nc(C([2H])([2H])[2H])c([2H])c([2H])c1C([2H])([2H])C([2H])([2H])n1c2c(c3c([2H])c(C([2H])([2H])[2H])c([2H])c([2H])c31)C([2H])([2H])N(C)C([2H])([2H])C2([2H])[2H]. The van der Waals surface area contributed by atoms with Crippen LogP contribution in [0.2, 0.25) is 0 Å². The van der Waals surface area contributed by atoms with Gasteiger partial charge in [0.25, 0.3) is 0 Å². The Morgan fingerprint density at radius 2 is 2.29 bits per heavy atom. The van der Waals surface area contributed by atoms with E-state index in [-0.39, 0.29) is 9.47 Å². The van der Waals surface area contributed by atoms with Crippen LogP contribution in [-0.4, -0.2) is 28.0 Å². The number of rotatable bonds is 3. The normalized spacial score (nSPS) is 36.9. The molecule has 1 aliphatic heterocycles. The Bertz CT molecular complexity index is 1780. The van der Waals surface area contributed by atoms with E-state index in [0.717, 1.165) is 7.05 Å². The molecule has 3 heteroatoms. The number of nitrogens with zero attached hydrogens (tertiary/aromatic N) is 3. The summed E-state index contributed by atoms with van der Waals surface area (Å²) in [5, 5.41) is -0.924. The number of hydrogen-bond acceptors (Lipinski definition) is 2. The summed E-state index contributed by atoms with van der Waals surface area (Å²) in [4.78, 5) is 3.67. The van der Waals surface area contributed by atoms with Crippen molar-refractivity contribution in [3.8, 4) is 0 Å². The smallest absolute Gasteiger partial charge is 0.0843 e. The Kier molecular flexibility index (Phi) is 1.10. The van der Waals surface area contributed by atoms with E-state index in [0.29, 0.717) is 0 Å². The molecule has 1 aliphatic rings. The van der Waals surface area contributed by atoms with E-state index in [1.165, 1.54) is 0 Å². The molecule has 0 saturated heterocycles. The van der Waals surface area contributed by atoms with E-state index in [1.54, 1.807) is 0 Å². The van der Waals surface area contributed by atoms with Gasteiger partial charge in [-0.05, 0) is 56.4 Å². The number of likely N-dealkylation sites (N-methyl/N-ethyl adjacent to an activating group) is 1. The van der Waals surface area contributed by atoms with Crippen molar-refractivity contribution in [2.24, 2.45) is 0 Å². The minimum Gasteiger partial charge on any atom is -0.344 e. The summed E-state index contributed by atoms with van der Waals surface area (Å²) < 4.78 is 184. The molecule has 124 valence electrons. The van der Waals surface area contributed by atoms with Crippen LogP contribution in [0.4, 0.5) is 0 Å². The monoisotopic (exact) mass is 341 g/mol. The van der Waals surface area contributed by atoms with Crippen LogP contribution in [0.1, 0.15) is 58.2 Å². The second-order valence-electron chi connectivity index (χ2n) is 4.87. The Hall–Kier alpha value is -2.13. The van der Waals surface area contributed by atoms with Crippen LogP contribution in [0.5, 0.6) is 0 Å². The lowest BCUT2D eigenvalue weighted by Gasteiger charge is -2.24. The highest BCUT2D eigenvalue weighted by Gasteiger charge is 2.22. The summed E-state index contributed by atoms with van der Waals surface area (Å²) in [5.41, 5.74) is -6.86. The fraction of sp³-hybridized carbons (Fsp3) is 0.381. The maximum atomic E-state index is 9.03. The highest BCUT2D eigenvalue weighted by molar-refractivity contribution is 5.86. The van der Waals surface area contributed by atoms with Crippen molar-refractivity contribution in [2.75, 3.05) is 13.5 Å². The zero-order valence-electron chi connectivity index (χ0n) is 34.3. The fourth-order valence-corrected chi connectivity index (χ4v) is 2.22. The molecular formula is C21H25N3. The van der Waals surface area contributed by atoms with Gasteiger partial charge in [-0.1, -0.05) is 17.6 Å². The van der Waals surface area contributed by atoms with Crippen molar-refractivity contribution in [1.29, 1.82) is 0 Å². The maximum Gasteiger partial charge on any atom is 0.0843 e. The van der Waals surface area contributed by atoms with Gasteiger partial charge in [-0.2, -0.15) is 0 Å². The van der Waals surface area contributed by atoms with Gasteiger partial charge in [0.2, 0.25) is 0 Å². The number of benzene rings is 1. The first-order valence-corrected chi connectivity index (χ1v) is 6.76. The molecule has 0 bridgehead atoms. The number of fused-ring (bicyclic) bond motifs is 3. The van der Waals surface area contributed by atoms with Gasteiger partial charge in [-0.25, -0.2) is 0 Å². The second-order valence-corrected chi connectivity index (χ2v) is 4.87. The lowest BCUT2D eigenvalue weighted by Crippen LogP contribution is -2.27. The lowest BCUT2D eigenvalue weighted by molar-refractivity contribution is 0.309. The molecule has 0 amide bonds. The number of aryl methyl sites for hydroxylation is 2. The van der Waals surface area contributed by atoms with Gasteiger partial charge in [-0.3, -0.25) is 4.98 Å². The van der Waals surface area contributed by atoms with Crippen LogP contribution in [0, 0.1) is 13.7 Å². The molecular weight excluding hydrogens is 294 g/mol. The van der Waals surface area contributed by atoms with Crippen molar-refractivity contribution in [1.82, 2.24) is 14.5 Å². The van der Waals surface area contributed by atoms with Crippen LogP contribution in [0.3, 0.4) is 0 Å². The van der Waals surface area contributed by atoms with Gasteiger partial charge in [0.1, 0.15) is 0 Å². The van der Waals surface area contributed by atoms with Crippen LogP contribution < -0.4 is 0 Å². The molecule has 0 radical (unpaired) electrons. The lowest BCUT2D eigenvalue weighted by atomic mass is 10.0. The third kappa shape index (κ3) is 2.73. The highest BCUT2D eigenvalue weighted by atomic mass is 15.1. The van der Waals surface area contributed by atoms with E-state index in [9.17, 15) is 0 Å². The molecule has 1 aromatic carbocycles. The highest BCUT2D eigenvalue weighted by Crippen LogP contribution is 2.31. The molecule has 0 spiro atoms. The molecule has 0 saturated carbocycles. The summed E-state index contributed by atoms with van der Waals surface area (Å²) in [7, 11) is 0.819.